The lowest BCUT2D eigenvalue weighted by Crippen LogP contribution is -2.36. The number of nitro benzene ring substituents is 1. The predicted molar refractivity (Wildman–Crippen MR) is 104 cm³/mol. The molecule has 11 heteroatoms. The van der Waals surface area contributed by atoms with Crippen molar-refractivity contribution in [2.24, 2.45) is 0 Å². The summed E-state index contributed by atoms with van der Waals surface area (Å²) in [6.07, 6.45) is 0. The first kappa shape index (κ1) is 21.6. The number of carbonyl (C=O) groups excluding carboxylic acids is 5. The smallest absolute Gasteiger partial charge is 0.326 e. The summed E-state index contributed by atoms with van der Waals surface area (Å²) < 4.78 is 4.88. The quantitative estimate of drug-likeness (QED) is 0.230. The van der Waals surface area contributed by atoms with E-state index in [-0.39, 0.29) is 17.0 Å². The number of amides is 2. The highest BCUT2D eigenvalue weighted by Crippen LogP contribution is 2.30. The molecule has 0 radical (unpaired) electrons. The zero-order valence-corrected chi connectivity index (χ0v) is 16.8. The Balaban J connectivity index is 1.69. The molecule has 1 aliphatic rings. The molecule has 2 aromatic rings. The Bertz CT molecular complexity index is 1180. The van der Waals surface area contributed by atoms with Gasteiger partial charge < -0.3 is 9.72 Å². The van der Waals surface area contributed by atoms with Crippen molar-refractivity contribution in [1.82, 2.24) is 9.88 Å². The Morgan fingerprint density at radius 3 is 2.42 bits per heavy atom. The minimum atomic E-state index is -1.04. The molecule has 1 aromatic carbocycles. The summed E-state index contributed by atoms with van der Waals surface area (Å²) in [7, 11) is 0. The van der Waals surface area contributed by atoms with E-state index in [9.17, 15) is 34.1 Å². The highest BCUT2D eigenvalue weighted by molar-refractivity contribution is 6.24. The fourth-order valence-electron chi connectivity index (χ4n) is 3.56. The number of nitro groups is 1. The van der Waals surface area contributed by atoms with E-state index in [0.717, 1.165) is 6.07 Å². The van der Waals surface area contributed by atoms with Gasteiger partial charge in [0, 0.05) is 17.3 Å². The monoisotopic (exact) mass is 427 g/mol. The van der Waals surface area contributed by atoms with E-state index in [1.165, 1.54) is 19.1 Å². The van der Waals surface area contributed by atoms with Crippen molar-refractivity contribution < 1.29 is 33.6 Å². The van der Waals surface area contributed by atoms with E-state index in [1.807, 2.05) is 0 Å². The summed E-state index contributed by atoms with van der Waals surface area (Å²) >= 11 is 0. The average Bonchev–Trinajstić information content (AvgIpc) is 3.14. The van der Waals surface area contributed by atoms with Crippen LogP contribution in [0.3, 0.4) is 0 Å². The fraction of sp³-hybridized carbons (Fsp3) is 0.250. The van der Waals surface area contributed by atoms with Gasteiger partial charge in [0.15, 0.2) is 12.4 Å². The molecular formula is C20H17N3O8. The summed E-state index contributed by atoms with van der Waals surface area (Å²) in [6, 6.07) is 3.60. The number of fused-ring (bicyclic) bond motifs is 1. The topological polar surface area (TPSA) is 157 Å². The standard InChI is InChI=1S/C20H17N3O8/c1-9-16(11(3)24)10(2)21-18(9)14(25)8-31-15(26)7-22-19(27)12-5-4-6-13(23(29)30)17(12)20(22)28/h4-6,21H,7-8H2,1-3H3. The Morgan fingerprint density at radius 1 is 1.16 bits per heavy atom. The van der Waals surface area contributed by atoms with E-state index in [1.54, 1.807) is 13.8 Å². The van der Waals surface area contributed by atoms with Crippen molar-refractivity contribution in [3.05, 3.63) is 62.0 Å². The number of Topliss-reactive ketones (excluding diaryl/α,β-unsaturated/α-hetero) is 2. The number of nitrogens with zero attached hydrogens (tertiary/aromatic N) is 2. The SMILES string of the molecule is CC(=O)c1c(C)[nH]c(C(=O)COC(=O)CN2C(=O)c3cccc([N+](=O)[O-])c3C2=O)c1C. The number of H-pyrrole nitrogens is 1. The maximum atomic E-state index is 12.5. The maximum Gasteiger partial charge on any atom is 0.326 e. The normalized spacial score (nSPS) is 12.7. The van der Waals surface area contributed by atoms with Gasteiger partial charge in [-0.1, -0.05) is 6.07 Å². The average molecular weight is 427 g/mol. The van der Waals surface area contributed by atoms with Gasteiger partial charge >= 0.3 is 5.97 Å². The first-order chi connectivity index (χ1) is 14.5. The van der Waals surface area contributed by atoms with Crippen LogP contribution in [0.5, 0.6) is 0 Å². The van der Waals surface area contributed by atoms with Crippen molar-refractivity contribution in [2.75, 3.05) is 13.2 Å². The van der Waals surface area contributed by atoms with E-state index in [0.29, 0.717) is 21.7 Å². The van der Waals surface area contributed by atoms with Gasteiger partial charge in [-0.15, -0.1) is 0 Å². The Labute approximate surface area is 175 Å². The van der Waals surface area contributed by atoms with Crippen LogP contribution >= 0.6 is 0 Å². The number of aromatic amines is 1. The molecule has 0 bridgehead atoms. The molecule has 0 aliphatic carbocycles. The molecular weight excluding hydrogens is 410 g/mol. The number of ketones is 2. The highest BCUT2D eigenvalue weighted by atomic mass is 16.6. The van der Waals surface area contributed by atoms with Crippen LogP contribution < -0.4 is 0 Å². The number of hydrogen-bond acceptors (Lipinski definition) is 8. The van der Waals surface area contributed by atoms with Crippen LogP contribution in [0.4, 0.5) is 5.69 Å². The minimum Gasteiger partial charge on any atom is -0.456 e. The van der Waals surface area contributed by atoms with Gasteiger partial charge in [-0.2, -0.15) is 0 Å². The number of rotatable bonds is 7. The number of benzene rings is 1. The van der Waals surface area contributed by atoms with Crippen molar-refractivity contribution in [3.63, 3.8) is 0 Å². The van der Waals surface area contributed by atoms with Crippen molar-refractivity contribution in [2.45, 2.75) is 20.8 Å². The van der Waals surface area contributed by atoms with Gasteiger partial charge in [0.1, 0.15) is 12.1 Å². The molecule has 160 valence electrons. The lowest BCUT2D eigenvalue weighted by Gasteiger charge is -2.12. The number of aryl methyl sites for hydroxylation is 1. The Hall–Kier alpha value is -4.15. The molecule has 1 aromatic heterocycles. The number of carbonyl (C=O) groups is 5. The largest absolute Gasteiger partial charge is 0.456 e. The third-order valence-corrected chi connectivity index (χ3v) is 4.89. The van der Waals surface area contributed by atoms with Gasteiger partial charge in [-0.05, 0) is 32.4 Å². The first-order valence-electron chi connectivity index (χ1n) is 9.07. The van der Waals surface area contributed by atoms with Crippen LogP contribution in [0.15, 0.2) is 18.2 Å². The van der Waals surface area contributed by atoms with E-state index in [2.05, 4.69) is 4.98 Å². The molecule has 1 N–H and O–H groups in total. The molecule has 2 amide bonds. The second kappa shape index (κ2) is 7.94. The molecule has 1 aliphatic heterocycles. The molecule has 2 heterocycles. The van der Waals surface area contributed by atoms with Crippen molar-refractivity contribution >= 4 is 35.0 Å². The summed E-state index contributed by atoms with van der Waals surface area (Å²) in [5.74, 6) is -3.72. The molecule has 0 unspecified atom stereocenters. The van der Waals surface area contributed by atoms with Crippen molar-refractivity contribution in [3.8, 4) is 0 Å². The third-order valence-electron chi connectivity index (χ3n) is 4.89. The molecule has 11 nitrogen and oxygen atoms in total. The van der Waals surface area contributed by atoms with Gasteiger partial charge in [-0.25, -0.2) is 0 Å². The van der Waals surface area contributed by atoms with Gasteiger partial charge in [0.2, 0.25) is 5.78 Å². The fourth-order valence-corrected chi connectivity index (χ4v) is 3.56. The number of hydrogen-bond donors (Lipinski definition) is 1. The summed E-state index contributed by atoms with van der Waals surface area (Å²) in [5, 5.41) is 11.1. The minimum absolute atomic E-state index is 0.117. The van der Waals surface area contributed by atoms with Crippen molar-refractivity contribution in [1.29, 1.82) is 0 Å². The van der Waals surface area contributed by atoms with E-state index in [4.69, 9.17) is 4.74 Å². The first-order valence-corrected chi connectivity index (χ1v) is 9.07. The van der Waals surface area contributed by atoms with Crippen LogP contribution in [0.25, 0.3) is 0 Å². The Morgan fingerprint density at radius 2 is 1.84 bits per heavy atom. The third kappa shape index (κ3) is 3.72. The molecule has 0 saturated carbocycles. The number of nitrogens with one attached hydrogen (secondary N) is 1. The van der Waals surface area contributed by atoms with Gasteiger partial charge in [-0.3, -0.25) is 39.0 Å². The predicted octanol–water partition coefficient (Wildman–Crippen LogP) is 1.76. The molecule has 0 fully saturated rings. The van der Waals surface area contributed by atoms with Crippen LogP contribution in [0, 0.1) is 24.0 Å². The zero-order chi connectivity index (χ0) is 23.0. The van der Waals surface area contributed by atoms with Gasteiger partial charge in [0.25, 0.3) is 17.5 Å². The van der Waals surface area contributed by atoms with E-state index < -0.39 is 52.9 Å². The second-order valence-electron chi connectivity index (χ2n) is 6.92. The summed E-state index contributed by atoms with van der Waals surface area (Å²) in [5.41, 5.74) is 0.314. The highest BCUT2D eigenvalue weighted by Gasteiger charge is 2.42. The molecule has 0 spiro atoms. The molecule has 0 saturated heterocycles. The summed E-state index contributed by atoms with van der Waals surface area (Å²) in [6.45, 7) is 3.09. The lowest BCUT2D eigenvalue weighted by atomic mass is 10.1. The van der Waals surface area contributed by atoms with Crippen LogP contribution in [-0.4, -0.2) is 57.3 Å². The van der Waals surface area contributed by atoms with Crippen LogP contribution in [0.1, 0.15) is 59.7 Å². The maximum absolute atomic E-state index is 12.5. The summed E-state index contributed by atoms with van der Waals surface area (Å²) in [4.78, 5) is 74.7. The van der Waals surface area contributed by atoms with Crippen LogP contribution in [-0.2, 0) is 9.53 Å². The molecule has 3 rings (SSSR count). The number of esters is 1. The van der Waals surface area contributed by atoms with Gasteiger partial charge in [0.05, 0.1) is 16.2 Å². The number of imide groups is 1. The Kier molecular flexibility index (Phi) is 5.52. The molecule has 31 heavy (non-hydrogen) atoms. The van der Waals surface area contributed by atoms with Crippen LogP contribution in [0.2, 0.25) is 0 Å². The molecule has 0 atom stereocenters. The lowest BCUT2D eigenvalue weighted by molar-refractivity contribution is -0.385. The number of aromatic nitrogens is 1. The van der Waals surface area contributed by atoms with E-state index >= 15 is 0 Å². The number of ether oxygens (including phenoxy) is 1. The second-order valence-corrected chi connectivity index (χ2v) is 6.92. The zero-order valence-electron chi connectivity index (χ0n) is 16.8.